The minimum absolute atomic E-state index is 0.158. The van der Waals surface area contributed by atoms with Crippen molar-refractivity contribution in [2.24, 2.45) is 0 Å². The number of carbonyl (C=O) groups excluding carboxylic acids is 2. The van der Waals surface area contributed by atoms with E-state index >= 15 is 0 Å². The molecule has 0 aliphatic carbocycles. The first-order chi connectivity index (χ1) is 7.99. The molecule has 0 bridgehead atoms. The molecule has 1 aromatic rings. The largest absolute Gasteiger partial charge is 0.452 e. The molecule has 1 N–H and O–H groups in total. The highest BCUT2D eigenvalue weighted by atomic mass is 79.9. The fourth-order valence-corrected chi connectivity index (χ4v) is 2.28. The van der Waals surface area contributed by atoms with Crippen LogP contribution in [0.5, 0.6) is 0 Å². The molecule has 1 aliphatic rings. The van der Waals surface area contributed by atoms with Gasteiger partial charge in [-0.1, -0.05) is 0 Å². The summed E-state index contributed by atoms with van der Waals surface area (Å²) >= 11 is 6.53. The van der Waals surface area contributed by atoms with Crippen LogP contribution in [-0.2, 0) is 16.1 Å². The average molecular weight is 366 g/mol. The SMILES string of the molecule is CN1C(=O)CC(NCc2cc(Br)c(Br)o2)C1=O. The molecular weight excluding hydrogens is 356 g/mol. The van der Waals surface area contributed by atoms with Crippen molar-refractivity contribution in [1.29, 1.82) is 0 Å². The van der Waals surface area contributed by atoms with Crippen LogP contribution in [0, 0.1) is 0 Å². The summed E-state index contributed by atoms with van der Waals surface area (Å²) in [7, 11) is 1.49. The number of nitrogens with one attached hydrogen (secondary N) is 1. The van der Waals surface area contributed by atoms with Crippen molar-refractivity contribution in [3.05, 3.63) is 21.0 Å². The Morgan fingerprint density at radius 3 is 2.71 bits per heavy atom. The van der Waals surface area contributed by atoms with Gasteiger partial charge in [0.25, 0.3) is 0 Å². The van der Waals surface area contributed by atoms with Crippen molar-refractivity contribution in [3.8, 4) is 0 Å². The minimum Gasteiger partial charge on any atom is -0.452 e. The number of halogens is 2. The predicted molar refractivity (Wildman–Crippen MR) is 67.1 cm³/mol. The van der Waals surface area contributed by atoms with Gasteiger partial charge in [0, 0.05) is 7.05 Å². The van der Waals surface area contributed by atoms with Gasteiger partial charge in [-0.2, -0.15) is 0 Å². The Morgan fingerprint density at radius 2 is 2.24 bits per heavy atom. The van der Waals surface area contributed by atoms with Crippen LogP contribution in [0.15, 0.2) is 19.6 Å². The van der Waals surface area contributed by atoms with Gasteiger partial charge in [0.05, 0.1) is 23.5 Å². The lowest BCUT2D eigenvalue weighted by Gasteiger charge is -2.09. The van der Waals surface area contributed by atoms with Crippen molar-refractivity contribution in [2.45, 2.75) is 19.0 Å². The zero-order valence-electron chi connectivity index (χ0n) is 9.00. The molecule has 0 aromatic carbocycles. The second kappa shape index (κ2) is 4.91. The maximum atomic E-state index is 11.6. The zero-order chi connectivity index (χ0) is 12.6. The van der Waals surface area contributed by atoms with E-state index in [-0.39, 0.29) is 18.2 Å². The predicted octanol–water partition coefficient (Wildman–Crippen LogP) is 1.65. The number of nitrogens with zero attached hydrogens (tertiary/aromatic N) is 1. The third kappa shape index (κ3) is 2.61. The molecular formula is C10H10Br2N2O3. The molecule has 1 aliphatic heterocycles. The smallest absolute Gasteiger partial charge is 0.246 e. The number of rotatable bonds is 3. The van der Waals surface area contributed by atoms with Crippen LogP contribution in [0.4, 0.5) is 0 Å². The molecule has 7 heteroatoms. The molecule has 2 heterocycles. The summed E-state index contributed by atoms with van der Waals surface area (Å²) in [5, 5.41) is 3.00. The maximum absolute atomic E-state index is 11.6. The van der Waals surface area contributed by atoms with Gasteiger partial charge < -0.3 is 4.42 Å². The Labute approximate surface area is 115 Å². The van der Waals surface area contributed by atoms with Crippen molar-refractivity contribution in [1.82, 2.24) is 10.2 Å². The topological polar surface area (TPSA) is 62.6 Å². The second-order valence-corrected chi connectivity index (χ2v) is 5.34. The second-order valence-electron chi connectivity index (χ2n) is 3.76. The quantitative estimate of drug-likeness (QED) is 0.827. The number of hydrogen-bond acceptors (Lipinski definition) is 4. The highest BCUT2D eigenvalue weighted by molar-refractivity contribution is 9.13. The number of amides is 2. The molecule has 0 radical (unpaired) electrons. The highest BCUT2D eigenvalue weighted by Gasteiger charge is 2.35. The van der Waals surface area contributed by atoms with Crippen LogP contribution >= 0.6 is 31.9 Å². The first-order valence-electron chi connectivity index (χ1n) is 4.96. The zero-order valence-corrected chi connectivity index (χ0v) is 12.2. The first-order valence-corrected chi connectivity index (χ1v) is 6.55. The van der Waals surface area contributed by atoms with Gasteiger partial charge in [-0.15, -0.1) is 0 Å². The highest BCUT2D eigenvalue weighted by Crippen LogP contribution is 2.26. The normalized spacial score (nSPS) is 20.4. The summed E-state index contributed by atoms with van der Waals surface area (Å²) < 4.78 is 6.79. The van der Waals surface area contributed by atoms with Gasteiger partial charge in [0.15, 0.2) is 4.67 Å². The van der Waals surface area contributed by atoms with E-state index in [4.69, 9.17) is 4.42 Å². The maximum Gasteiger partial charge on any atom is 0.246 e. The van der Waals surface area contributed by atoms with Crippen molar-refractivity contribution in [2.75, 3.05) is 7.05 Å². The molecule has 17 heavy (non-hydrogen) atoms. The fourth-order valence-electron chi connectivity index (χ4n) is 1.62. The van der Waals surface area contributed by atoms with Gasteiger partial charge in [-0.3, -0.25) is 19.8 Å². The van der Waals surface area contributed by atoms with Crippen molar-refractivity contribution >= 4 is 43.7 Å². The molecule has 1 aromatic heterocycles. The lowest BCUT2D eigenvalue weighted by atomic mass is 10.2. The Balaban J connectivity index is 1.95. The monoisotopic (exact) mass is 364 g/mol. The van der Waals surface area contributed by atoms with E-state index in [2.05, 4.69) is 37.2 Å². The third-order valence-corrected chi connectivity index (χ3v) is 4.31. The molecule has 1 saturated heterocycles. The van der Waals surface area contributed by atoms with E-state index in [9.17, 15) is 9.59 Å². The van der Waals surface area contributed by atoms with Crippen LogP contribution < -0.4 is 5.32 Å². The third-order valence-electron chi connectivity index (χ3n) is 2.60. The molecule has 0 saturated carbocycles. The molecule has 1 fully saturated rings. The molecule has 1 atom stereocenters. The molecule has 2 amide bonds. The number of furan rings is 1. The van der Waals surface area contributed by atoms with Gasteiger partial charge in [-0.25, -0.2) is 0 Å². The van der Waals surface area contributed by atoms with E-state index in [1.54, 1.807) is 0 Å². The Morgan fingerprint density at radius 1 is 1.53 bits per heavy atom. The first kappa shape index (κ1) is 12.8. The molecule has 1 unspecified atom stereocenters. The summed E-state index contributed by atoms with van der Waals surface area (Å²) in [6.45, 7) is 0.404. The molecule has 5 nitrogen and oxygen atoms in total. The lowest BCUT2D eigenvalue weighted by molar-refractivity contribution is -0.137. The van der Waals surface area contributed by atoms with E-state index in [0.717, 1.165) is 9.37 Å². The average Bonchev–Trinajstić information content (AvgIpc) is 2.72. The van der Waals surface area contributed by atoms with Crippen LogP contribution in [0.3, 0.4) is 0 Å². The van der Waals surface area contributed by atoms with E-state index in [0.29, 0.717) is 17.0 Å². The van der Waals surface area contributed by atoms with Crippen LogP contribution in [-0.4, -0.2) is 29.8 Å². The molecule has 92 valence electrons. The summed E-state index contributed by atoms with van der Waals surface area (Å²) in [5.41, 5.74) is 0. The van der Waals surface area contributed by atoms with E-state index in [1.165, 1.54) is 7.05 Å². The molecule has 0 spiro atoms. The standard InChI is InChI=1S/C10H10Br2N2O3/c1-14-8(15)3-7(10(14)16)13-4-5-2-6(11)9(12)17-5/h2,7,13H,3-4H2,1H3. The lowest BCUT2D eigenvalue weighted by Crippen LogP contribution is -2.36. The fraction of sp³-hybridized carbons (Fsp3) is 0.400. The Hall–Kier alpha value is -0.660. The van der Waals surface area contributed by atoms with Gasteiger partial charge in [0.2, 0.25) is 11.8 Å². The summed E-state index contributed by atoms with van der Waals surface area (Å²) in [4.78, 5) is 24.0. The van der Waals surface area contributed by atoms with Crippen molar-refractivity contribution in [3.63, 3.8) is 0 Å². The molecule has 2 rings (SSSR count). The summed E-state index contributed by atoms with van der Waals surface area (Å²) in [6, 6.07) is 1.36. The Bertz CT molecular complexity index is 453. The van der Waals surface area contributed by atoms with Gasteiger partial charge >= 0.3 is 0 Å². The minimum atomic E-state index is -0.449. The summed E-state index contributed by atoms with van der Waals surface area (Å²) in [6.07, 6.45) is 0.207. The van der Waals surface area contributed by atoms with Gasteiger partial charge in [-0.05, 0) is 37.9 Å². The van der Waals surface area contributed by atoms with Gasteiger partial charge in [0.1, 0.15) is 5.76 Å². The number of likely N-dealkylation sites (tertiary alicyclic amines) is 1. The number of likely N-dealkylation sites (N-methyl/N-ethyl adjacent to an activating group) is 1. The van der Waals surface area contributed by atoms with Crippen molar-refractivity contribution < 1.29 is 14.0 Å². The van der Waals surface area contributed by atoms with Crippen LogP contribution in [0.25, 0.3) is 0 Å². The summed E-state index contributed by atoms with van der Waals surface area (Å²) in [5.74, 6) is 0.340. The van der Waals surface area contributed by atoms with E-state index in [1.807, 2.05) is 6.07 Å². The number of hydrogen-bond donors (Lipinski definition) is 1. The number of carbonyl (C=O) groups is 2. The van der Waals surface area contributed by atoms with E-state index < -0.39 is 6.04 Å². The van der Waals surface area contributed by atoms with Crippen LogP contribution in [0.1, 0.15) is 12.2 Å². The Kier molecular flexibility index (Phi) is 3.70. The van der Waals surface area contributed by atoms with Crippen LogP contribution in [0.2, 0.25) is 0 Å². The number of imide groups is 1.